The van der Waals surface area contributed by atoms with E-state index in [1.165, 1.54) is 0 Å². The second-order valence-electron chi connectivity index (χ2n) is 4.72. The highest BCUT2D eigenvalue weighted by atomic mass is 32.2. The summed E-state index contributed by atoms with van der Waals surface area (Å²) in [6.07, 6.45) is 1.77. The molecule has 1 saturated heterocycles. The number of rotatable bonds is 5. The molecule has 1 rings (SSSR count). The summed E-state index contributed by atoms with van der Waals surface area (Å²) in [6, 6.07) is -1.66. The number of carbonyl (C=O) groups excluding carboxylic acids is 1. The van der Waals surface area contributed by atoms with Crippen molar-refractivity contribution in [2.45, 2.75) is 44.7 Å². The maximum atomic E-state index is 11.6. The first-order valence-corrected chi connectivity index (χ1v) is 8.16. The Bertz CT molecular complexity index is 420. The van der Waals surface area contributed by atoms with Crippen LogP contribution in [0.25, 0.3) is 0 Å². The van der Waals surface area contributed by atoms with Crippen molar-refractivity contribution < 1.29 is 23.1 Å². The highest BCUT2D eigenvalue weighted by molar-refractivity contribution is 7.91. The van der Waals surface area contributed by atoms with Gasteiger partial charge in [-0.05, 0) is 19.3 Å². The molecule has 7 nitrogen and oxygen atoms in total. The van der Waals surface area contributed by atoms with Crippen LogP contribution in [-0.4, -0.2) is 49.1 Å². The molecule has 19 heavy (non-hydrogen) atoms. The maximum absolute atomic E-state index is 11.6. The minimum absolute atomic E-state index is 0.0647. The van der Waals surface area contributed by atoms with Gasteiger partial charge in [0.05, 0.1) is 11.5 Å². The van der Waals surface area contributed by atoms with Gasteiger partial charge < -0.3 is 15.7 Å². The molecule has 1 heterocycles. The largest absolute Gasteiger partial charge is 0.480 e. The van der Waals surface area contributed by atoms with Crippen LogP contribution in [0.15, 0.2) is 0 Å². The molecule has 3 N–H and O–H groups in total. The third-order valence-electron chi connectivity index (χ3n) is 3.07. The van der Waals surface area contributed by atoms with Crippen molar-refractivity contribution in [2.75, 3.05) is 11.5 Å². The molecule has 110 valence electrons. The lowest BCUT2D eigenvalue weighted by molar-refractivity contribution is -0.139. The monoisotopic (exact) mass is 292 g/mol. The maximum Gasteiger partial charge on any atom is 0.326 e. The number of hydrogen-bond acceptors (Lipinski definition) is 4. The molecule has 0 bridgehead atoms. The van der Waals surface area contributed by atoms with Gasteiger partial charge in [-0.25, -0.2) is 18.0 Å². The van der Waals surface area contributed by atoms with Crippen LogP contribution in [0.3, 0.4) is 0 Å². The third kappa shape index (κ3) is 5.46. The average molecular weight is 292 g/mol. The first kappa shape index (κ1) is 15.7. The molecule has 0 aromatic heterocycles. The number of nitrogens with one attached hydrogen (secondary N) is 2. The SMILES string of the molecule is CCCC(NC(=O)NC1CCS(=O)(=O)CC1)C(=O)O. The van der Waals surface area contributed by atoms with Crippen LogP contribution < -0.4 is 10.6 Å². The summed E-state index contributed by atoms with van der Waals surface area (Å²) in [5, 5.41) is 13.9. The molecule has 0 aromatic carbocycles. The van der Waals surface area contributed by atoms with Gasteiger partial charge in [0.2, 0.25) is 0 Å². The van der Waals surface area contributed by atoms with Gasteiger partial charge in [0.1, 0.15) is 15.9 Å². The Morgan fingerprint density at radius 3 is 2.37 bits per heavy atom. The number of amides is 2. The summed E-state index contributed by atoms with van der Waals surface area (Å²) in [7, 11) is -2.96. The van der Waals surface area contributed by atoms with E-state index in [0.29, 0.717) is 25.7 Å². The number of sulfone groups is 1. The Kier molecular flexibility index (Phi) is 5.59. The fourth-order valence-corrected chi connectivity index (χ4v) is 3.46. The predicted octanol–water partition coefficient (Wildman–Crippen LogP) is 0.116. The van der Waals surface area contributed by atoms with Crippen molar-refractivity contribution in [2.24, 2.45) is 0 Å². The van der Waals surface area contributed by atoms with E-state index in [-0.39, 0.29) is 17.5 Å². The van der Waals surface area contributed by atoms with Crippen molar-refractivity contribution in [3.63, 3.8) is 0 Å². The van der Waals surface area contributed by atoms with Crippen LogP contribution in [0.4, 0.5) is 4.79 Å². The Morgan fingerprint density at radius 1 is 1.32 bits per heavy atom. The number of carboxylic acids is 1. The number of aliphatic carboxylic acids is 1. The van der Waals surface area contributed by atoms with Gasteiger partial charge in [-0.1, -0.05) is 13.3 Å². The van der Waals surface area contributed by atoms with E-state index in [1.807, 2.05) is 6.92 Å². The molecule has 0 saturated carbocycles. The molecule has 0 spiro atoms. The van der Waals surface area contributed by atoms with Gasteiger partial charge in [-0.2, -0.15) is 0 Å². The summed E-state index contributed by atoms with van der Waals surface area (Å²) in [5.74, 6) is -0.937. The van der Waals surface area contributed by atoms with Crippen LogP contribution in [-0.2, 0) is 14.6 Å². The van der Waals surface area contributed by atoms with E-state index in [1.54, 1.807) is 0 Å². The van der Waals surface area contributed by atoms with Crippen LogP contribution in [0.5, 0.6) is 0 Å². The molecular weight excluding hydrogens is 272 g/mol. The summed E-state index contributed by atoms with van der Waals surface area (Å²) < 4.78 is 22.5. The third-order valence-corrected chi connectivity index (χ3v) is 4.79. The molecule has 1 aliphatic rings. The number of hydrogen-bond donors (Lipinski definition) is 3. The standard InChI is InChI=1S/C11H20N2O5S/c1-2-3-9(10(14)15)13-11(16)12-8-4-6-19(17,18)7-5-8/h8-9H,2-7H2,1H3,(H,14,15)(H2,12,13,16). The number of carbonyl (C=O) groups is 2. The topological polar surface area (TPSA) is 113 Å². The van der Waals surface area contributed by atoms with Gasteiger partial charge >= 0.3 is 12.0 Å². The van der Waals surface area contributed by atoms with Crippen LogP contribution >= 0.6 is 0 Å². The van der Waals surface area contributed by atoms with Crippen molar-refractivity contribution in [1.29, 1.82) is 0 Å². The minimum Gasteiger partial charge on any atom is -0.480 e. The molecule has 2 amide bonds. The number of urea groups is 1. The lowest BCUT2D eigenvalue weighted by Crippen LogP contribution is -2.50. The van der Waals surface area contributed by atoms with E-state index in [2.05, 4.69) is 10.6 Å². The van der Waals surface area contributed by atoms with E-state index >= 15 is 0 Å². The zero-order valence-corrected chi connectivity index (χ0v) is 11.7. The molecule has 0 aromatic rings. The van der Waals surface area contributed by atoms with Gasteiger partial charge in [-0.15, -0.1) is 0 Å². The predicted molar refractivity (Wildman–Crippen MR) is 69.7 cm³/mol. The highest BCUT2D eigenvalue weighted by Crippen LogP contribution is 2.12. The molecule has 1 unspecified atom stereocenters. The summed E-state index contributed by atoms with van der Waals surface area (Å²) >= 11 is 0. The Hall–Kier alpha value is -1.31. The normalized spacial score (nSPS) is 20.5. The quantitative estimate of drug-likeness (QED) is 0.666. The van der Waals surface area contributed by atoms with Crippen molar-refractivity contribution >= 4 is 21.8 Å². The number of carboxylic acid groups (broad SMARTS) is 1. The van der Waals surface area contributed by atoms with Gasteiger partial charge in [0.25, 0.3) is 0 Å². The van der Waals surface area contributed by atoms with Gasteiger partial charge in [-0.3, -0.25) is 0 Å². The van der Waals surface area contributed by atoms with Crippen molar-refractivity contribution in [3.8, 4) is 0 Å². The van der Waals surface area contributed by atoms with Crippen LogP contribution in [0, 0.1) is 0 Å². The van der Waals surface area contributed by atoms with Gasteiger partial charge in [0.15, 0.2) is 0 Å². The molecule has 1 atom stereocenters. The van der Waals surface area contributed by atoms with Crippen LogP contribution in [0.1, 0.15) is 32.6 Å². The smallest absolute Gasteiger partial charge is 0.326 e. The fourth-order valence-electron chi connectivity index (χ4n) is 1.97. The first-order chi connectivity index (χ1) is 8.84. The molecule has 0 radical (unpaired) electrons. The van der Waals surface area contributed by atoms with Gasteiger partial charge in [0, 0.05) is 6.04 Å². The second kappa shape index (κ2) is 6.74. The van der Waals surface area contributed by atoms with E-state index < -0.39 is 27.9 Å². The molecular formula is C11H20N2O5S. The van der Waals surface area contributed by atoms with Crippen molar-refractivity contribution in [1.82, 2.24) is 10.6 Å². The summed E-state index contributed by atoms with van der Waals surface area (Å²) in [5.41, 5.74) is 0. The highest BCUT2D eigenvalue weighted by Gasteiger charge is 2.26. The average Bonchev–Trinajstić information content (AvgIpc) is 2.31. The van der Waals surface area contributed by atoms with Crippen LogP contribution in [0.2, 0.25) is 0 Å². The Balaban J connectivity index is 2.41. The Labute approximate surface area is 112 Å². The summed E-state index contributed by atoms with van der Waals surface area (Å²) in [4.78, 5) is 22.5. The molecule has 8 heteroatoms. The minimum atomic E-state index is -2.96. The first-order valence-electron chi connectivity index (χ1n) is 6.34. The Morgan fingerprint density at radius 2 is 1.89 bits per heavy atom. The second-order valence-corrected chi connectivity index (χ2v) is 7.03. The fraction of sp³-hybridized carbons (Fsp3) is 0.818. The molecule has 1 fully saturated rings. The van der Waals surface area contributed by atoms with E-state index in [9.17, 15) is 18.0 Å². The lowest BCUT2D eigenvalue weighted by atomic mass is 10.1. The van der Waals surface area contributed by atoms with Crippen molar-refractivity contribution in [3.05, 3.63) is 0 Å². The van der Waals surface area contributed by atoms with E-state index in [4.69, 9.17) is 5.11 Å². The molecule has 0 aliphatic carbocycles. The molecule has 1 aliphatic heterocycles. The summed E-state index contributed by atoms with van der Waals surface area (Å²) in [6.45, 7) is 1.83. The zero-order valence-electron chi connectivity index (χ0n) is 10.9. The van der Waals surface area contributed by atoms with E-state index in [0.717, 1.165) is 0 Å². The zero-order chi connectivity index (χ0) is 14.5. The lowest BCUT2D eigenvalue weighted by Gasteiger charge is -2.24.